The fourth-order valence-electron chi connectivity index (χ4n) is 3.00. The molecular formula is C21H22N8SSn. The normalized spacial score (nSPS) is 12.8. The van der Waals surface area contributed by atoms with E-state index in [0.29, 0.717) is 11.6 Å². The zero-order chi connectivity index (χ0) is 22.0. The summed E-state index contributed by atoms with van der Waals surface area (Å²) in [4.78, 5) is 13.7. The summed E-state index contributed by atoms with van der Waals surface area (Å²) in [7, 11) is 3.59. The van der Waals surface area contributed by atoms with E-state index in [1.165, 1.54) is 0 Å². The van der Waals surface area contributed by atoms with Crippen molar-refractivity contribution in [3.8, 4) is 0 Å². The second kappa shape index (κ2) is 9.23. The van der Waals surface area contributed by atoms with Gasteiger partial charge in [-0.1, -0.05) is 0 Å². The number of allylic oxidation sites excluding steroid dienone is 1. The molecule has 4 rings (SSSR count). The molecule has 0 spiro atoms. The maximum atomic E-state index is 6.45. The summed E-state index contributed by atoms with van der Waals surface area (Å²) in [5.41, 5.74) is 11.2. The van der Waals surface area contributed by atoms with Gasteiger partial charge in [-0.15, -0.1) is 0 Å². The Kier molecular flexibility index (Phi) is 6.42. The van der Waals surface area contributed by atoms with Crippen molar-refractivity contribution in [2.45, 2.75) is 19.8 Å². The molecule has 0 aliphatic heterocycles. The van der Waals surface area contributed by atoms with Crippen LogP contribution in [0.3, 0.4) is 0 Å². The predicted molar refractivity (Wildman–Crippen MR) is 127 cm³/mol. The van der Waals surface area contributed by atoms with Crippen molar-refractivity contribution >= 4 is 67.7 Å². The van der Waals surface area contributed by atoms with E-state index in [0.717, 1.165) is 39.5 Å². The van der Waals surface area contributed by atoms with Gasteiger partial charge in [-0.25, -0.2) is 0 Å². The van der Waals surface area contributed by atoms with E-state index < -0.39 is 21.1 Å². The van der Waals surface area contributed by atoms with Gasteiger partial charge in [0.2, 0.25) is 0 Å². The monoisotopic (exact) mass is 538 g/mol. The Morgan fingerprint density at radius 3 is 2.71 bits per heavy atom. The fourth-order valence-corrected chi connectivity index (χ4v) is 7.57. The van der Waals surface area contributed by atoms with Crippen LogP contribution < -0.4 is 12.5 Å². The first kappa shape index (κ1) is 21.6. The molecule has 8 nitrogen and oxygen atoms in total. The second-order valence-corrected chi connectivity index (χ2v) is 12.9. The van der Waals surface area contributed by atoms with Crippen molar-refractivity contribution in [2.24, 2.45) is 17.8 Å². The molecule has 0 saturated carbocycles. The summed E-state index contributed by atoms with van der Waals surface area (Å²) in [6.45, 7) is 4.28. The predicted octanol–water partition coefficient (Wildman–Crippen LogP) is 1.52. The van der Waals surface area contributed by atoms with Crippen LogP contribution in [0.2, 0.25) is 0 Å². The van der Waals surface area contributed by atoms with E-state index in [9.17, 15) is 0 Å². The number of pyridine rings is 2. The molecule has 0 aliphatic rings. The zero-order valence-electron chi connectivity index (χ0n) is 17.7. The molecule has 4 aromatic rings. The second-order valence-electron chi connectivity index (χ2n) is 7.30. The van der Waals surface area contributed by atoms with E-state index >= 15 is 0 Å². The minimum atomic E-state index is -1.12. The van der Waals surface area contributed by atoms with Crippen molar-refractivity contribution < 1.29 is 0 Å². The molecule has 10 heteroatoms. The van der Waals surface area contributed by atoms with Crippen molar-refractivity contribution in [1.82, 2.24) is 29.9 Å². The van der Waals surface area contributed by atoms with E-state index in [1.807, 2.05) is 31.6 Å². The van der Waals surface area contributed by atoms with Crippen molar-refractivity contribution in [2.75, 3.05) is 7.05 Å². The van der Waals surface area contributed by atoms with E-state index in [-0.39, 0.29) is 0 Å². The number of fused-ring (bicyclic) bond motifs is 1. The molecule has 156 valence electrons. The summed E-state index contributed by atoms with van der Waals surface area (Å²) >= 11 is 0.588. The van der Waals surface area contributed by atoms with Crippen LogP contribution >= 0.6 is 11.3 Å². The quantitative estimate of drug-likeness (QED) is 0.296. The Morgan fingerprint density at radius 2 is 2.03 bits per heavy atom. The number of aliphatic imine (C=N–C) groups is 1. The minimum absolute atomic E-state index is 0.401. The Balaban J connectivity index is 1.71. The van der Waals surface area contributed by atoms with Gasteiger partial charge in [0.1, 0.15) is 0 Å². The molecule has 0 atom stereocenters. The van der Waals surface area contributed by atoms with Crippen LogP contribution in [0.25, 0.3) is 22.3 Å². The molecule has 0 aromatic carbocycles. The topological polar surface area (TPSA) is 108 Å². The van der Waals surface area contributed by atoms with Gasteiger partial charge in [0.15, 0.2) is 0 Å². The summed E-state index contributed by atoms with van der Waals surface area (Å²) in [5.74, 6) is 0.401. The Hall–Kier alpha value is -2.66. The van der Waals surface area contributed by atoms with Crippen LogP contribution in [-0.2, 0) is 7.05 Å². The summed E-state index contributed by atoms with van der Waals surface area (Å²) in [6.07, 6.45) is 7.18. The van der Waals surface area contributed by atoms with Gasteiger partial charge in [-0.05, 0) is 0 Å². The fraction of sp³-hybridized carbons (Fsp3) is 0.238. The van der Waals surface area contributed by atoms with Gasteiger partial charge in [0.25, 0.3) is 0 Å². The van der Waals surface area contributed by atoms with Crippen LogP contribution in [0, 0.1) is 0 Å². The van der Waals surface area contributed by atoms with Gasteiger partial charge in [0.05, 0.1) is 0 Å². The van der Waals surface area contributed by atoms with Gasteiger partial charge in [-0.2, -0.15) is 0 Å². The molecule has 31 heavy (non-hydrogen) atoms. The Labute approximate surface area is 194 Å². The summed E-state index contributed by atoms with van der Waals surface area (Å²) in [6, 6.07) is 6.10. The number of rotatable bonds is 6. The number of hydrogen-bond acceptors (Lipinski definition) is 8. The number of hydrogen-bond donors (Lipinski definition) is 1. The molecule has 0 amide bonds. The van der Waals surface area contributed by atoms with Crippen molar-refractivity contribution in [3.63, 3.8) is 0 Å². The molecule has 0 aliphatic carbocycles. The Morgan fingerprint density at radius 1 is 1.19 bits per heavy atom. The van der Waals surface area contributed by atoms with Crippen LogP contribution in [0.1, 0.15) is 35.9 Å². The molecule has 0 fully saturated rings. The van der Waals surface area contributed by atoms with E-state index in [1.54, 1.807) is 35.5 Å². The van der Waals surface area contributed by atoms with Gasteiger partial charge in [0, 0.05) is 0 Å². The molecule has 4 heterocycles. The third-order valence-electron chi connectivity index (χ3n) is 4.58. The van der Waals surface area contributed by atoms with Crippen molar-refractivity contribution in [3.05, 3.63) is 52.9 Å². The third kappa shape index (κ3) is 4.82. The van der Waals surface area contributed by atoms with Crippen LogP contribution in [-0.4, -0.2) is 64.4 Å². The molecule has 2 N–H and O–H groups in total. The average molecular weight is 537 g/mol. The SMILES string of the molecule is CN=C/C(=C(\N)c1cnn(C)c1)c1cnc2cc[c]([Sn][c]3nnc(C(C)C)s3)nc2c1. The van der Waals surface area contributed by atoms with Crippen molar-refractivity contribution in [1.29, 1.82) is 0 Å². The summed E-state index contributed by atoms with van der Waals surface area (Å²) < 4.78 is 3.94. The molecule has 0 bridgehead atoms. The molecule has 2 radical (unpaired) electrons. The van der Waals surface area contributed by atoms with Gasteiger partial charge >= 0.3 is 195 Å². The number of nitrogens with zero attached hydrogens (tertiary/aromatic N) is 7. The maximum absolute atomic E-state index is 6.45. The number of nitrogens with two attached hydrogens (primary N) is 1. The molecular weight excluding hydrogens is 515 g/mol. The first-order chi connectivity index (χ1) is 14.9. The summed E-state index contributed by atoms with van der Waals surface area (Å²) in [5, 5.41) is 14.0. The third-order valence-corrected chi connectivity index (χ3v) is 9.60. The first-order valence-corrected chi connectivity index (χ1v) is 13.4. The van der Waals surface area contributed by atoms with Crippen LogP contribution in [0.5, 0.6) is 0 Å². The van der Waals surface area contributed by atoms with Crippen LogP contribution in [0.4, 0.5) is 0 Å². The average Bonchev–Trinajstić information content (AvgIpc) is 3.40. The van der Waals surface area contributed by atoms with Crippen LogP contribution in [0.15, 0.2) is 41.8 Å². The van der Waals surface area contributed by atoms with E-state index in [4.69, 9.17) is 10.7 Å². The number of aryl methyl sites for hydroxylation is 1. The zero-order valence-corrected chi connectivity index (χ0v) is 21.4. The number of aromatic nitrogens is 6. The molecule has 4 aromatic heterocycles. The standard InChI is InChI=1S/C16H15N6.C5H7N2S.Sn/c1-18-9-13(16(17)12-8-21-22(2)10-12)11-6-15-14(20-7-11)4-3-5-19-15;1-4(2)5-7-6-3-8-5;/h3-4,6-10H,17H2,1-2H3;4H,1-2H3;/b16-13+,18-9?;;. The molecule has 0 unspecified atom stereocenters. The van der Waals surface area contributed by atoms with Gasteiger partial charge in [-0.3, -0.25) is 0 Å². The first-order valence-electron chi connectivity index (χ1n) is 9.73. The van der Waals surface area contributed by atoms with Gasteiger partial charge < -0.3 is 0 Å². The van der Waals surface area contributed by atoms with E-state index in [2.05, 4.69) is 45.2 Å². The Bertz CT molecular complexity index is 1290. The molecule has 0 saturated heterocycles.